The van der Waals surface area contributed by atoms with Crippen LogP contribution in [-0.4, -0.2) is 21.1 Å². The highest BCUT2D eigenvalue weighted by molar-refractivity contribution is 5.35. The van der Waals surface area contributed by atoms with Crippen LogP contribution in [0.25, 0.3) is 0 Å². The van der Waals surface area contributed by atoms with Crippen LogP contribution in [0, 0.1) is 0 Å². The van der Waals surface area contributed by atoms with E-state index >= 15 is 0 Å². The van der Waals surface area contributed by atoms with Crippen molar-refractivity contribution in [3.63, 3.8) is 0 Å². The van der Waals surface area contributed by atoms with Crippen molar-refractivity contribution in [3.05, 3.63) is 42.6 Å². The molecule has 0 atom stereocenters. The lowest BCUT2D eigenvalue weighted by molar-refractivity contribution is -0.137. The highest BCUT2D eigenvalue weighted by atomic mass is 19.4. The molecule has 0 unspecified atom stereocenters. The second-order valence-electron chi connectivity index (χ2n) is 4.36. The van der Waals surface area contributed by atoms with Crippen molar-refractivity contribution in [2.24, 2.45) is 0 Å². The molecule has 2 aromatic heterocycles. The summed E-state index contributed by atoms with van der Waals surface area (Å²) in [4.78, 5) is 7.69. The van der Waals surface area contributed by atoms with Crippen LogP contribution in [0.2, 0.25) is 0 Å². The summed E-state index contributed by atoms with van der Waals surface area (Å²) in [7, 11) is 0. The number of nitrogens with one attached hydrogen (secondary N) is 1. The molecular weight excluding hydrogens is 269 g/mol. The number of anilines is 1. The first-order valence-corrected chi connectivity index (χ1v) is 6.28. The molecule has 0 bridgehead atoms. The second-order valence-corrected chi connectivity index (χ2v) is 4.36. The maximum Gasteiger partial charge on any atom is 0.417 e. The topological polar surface area (TPSA) is 42.7 Å². The predicted molar refractivity (Wildman–Crippen MR) is 69.2 cm³/mol. The Bertz CT molecular complexity index is 505. The van der Waals surface area contributed by atoms with Crippen LogP contribution in [0.15, 0.2) is 37.1 Å². The van der Waals surface area contributed by atoms with Gasteiger partial charge < -0.3 is 9.88 Å². The molecule has 0 aromatic carbocycles. The minimum atomic E-state index is -4.34. The summed E-state index contributed by atoms with van der Waals surface area (Å²) < 4.78 is 39.0. The van der Waals surface area contributed by atoms with Gasteiger partial charge >= 0.3 is 6.18 Å². The molecule has 108 valence electrons. The molecule has 0 radical (unpaired) electrons. The number of alkyl halides is 3. The zero-order valence-corrected chi connectivity index (χ0v) is 10.8. The number of aryl methyl sites for hydroxylation is 1. The second kappa shape index (κ2) is 6.40. The molecule has 0 amide bonds. The Kier molecular flexibility index (Phi) is 4.60. The molecule has 2 rings (SSSR count). The molecule has 2 aromatic rings. The van der Waals surface area contributed by atoms with Crippen molar-refractivity contribution in [1.29, 1.82) is 0 Å². The summed E-state index contributed by atoms with van der Waals surface area (Å²) in [5.74, 6) is 0.459. The van der Waals surface area contributed by atoms with Gasteiger partial charge in [-0.05, 0) is 25.0 Å². The Hall–Kier alpha value is -2.05. The number of hydrogen-bond donors (Lipinski definition) is 1. The van der Waals surface area contributed by atoms with Crippen molar-refractivity contribution in [2.75, 3.05) is 11.9 Å². The van der Waals surface area contributed by atoms with Crippen molar-refractivity contribution >= 4 is 5.82 Å². The zero-order valence-electron chi connectivity index (χ0n) is 10.8. The molecule has 0 aliphatic carbocycles. The fourth-order valence-corrected chi connectivity index (χ4v) is 1.72. The molecule has 2 heterocycles. The van der Waals surface area contributed by atoms with Gasteiger partial charge in [0.05, 0.1) is 11.9 Å². The Morgan fingerprint density at radius 1 is 1.20 bits per heavy atom. The van der Waals surface area contributed by atoms with Crippen LogP contribution in [-0.2, 0) is 12.7 Å². The average Bonchev–Trinajstić information content (AvgIpc) is 2.91. The normalized spacial score (nSPS) is 11.6. The van der Waals surface area contributed by atoms with E-state index in [9.17, 15) is 13.2 Å². The van der Waals surface area contributed by atoms with Crippen molar-refractivity contribution < 1.29 is 13.2 Å². The van der Waals surface area contributed by atoms with E-state index < -0.39 is 11.7 Å². The molecular formula is C13H15F3N4. The Labute approximate surface area is 114 Å². The van der Waals surface area contributed by atoms with Crippen molar-refractivity contribution in [1.82, 2.24) is 14.5 Å². The first kappa shape index (κ1) is 14.4. The number of aromatic nitrogens is 3. The van der Waals surface area contributed by atoms with Gasteiger partial charge in [0, 0.05) is 31.7 Å². The number of imidazole rings is 1. The van der Waals surface area contributed by atoms with Crippen LogP contribution in [0.5, 0.6) is 0 Å². The maximum atomic E-state index is 12.3. The molecule has 0 saturated carbocycles. The molecule has 0 aliphatic rings. The summed E-state index contributed by atoms with van der Waals surface area (Å²) >= 11 is 0. The molecule has 0 aliphatic heterocycles. The third kappa shape index (κ3) is 4.25. The summed E-state index contributed by atoms with van der Waals surface area (Å²) in [5, 5.41) is 3.00. The van der Waals surface area contributed by atoms with Gasteiger partial charge in [-0.25, -0.2) is 9.97 Å². The van der Waals surface area contributed by atoms with Crippen molar-refractivity contribution in [2.45, 2.75) is 25.6 Å². The molecule has 0 spiro atoms. The van der Waals surface area contributed by atoms with Gasteiger partial charge in [-0.3, -0.25) is 0 Å². The number of nitrogens with zero attached hydrogens (tertiary/aromatic N) is 3. The highest BCUT2D eigenvalue weighted by Gasteiger charge is 2.30. The van der Waals surface area contributed by atoms with Crippen LogP contribution in [0.3, 0.4) is 0 Å². The quantitative estimate of drug-likeness (QED) is 0.828. The largest absolute Gasteiger partial charge is 0.417 e. The van der Waals surface area contributed by atoms with Crippen LogP contribution >= 0.6 is 0 Å². The minimum Gasteiger partial charge on any atom is -0.370 e. The lowest BCUT2D eigenvalue weighted by atomic mass is 10.2. The summed E-state index contributed by atoms with van der Waals surface area (Å²) in [6.45, 7) is 1.55. The fourth-order valence-electron chi connectivity index (χ4n) is 1.72. The first-order valence-electron chi connectivity index (χ1n) is 6.28. The summed E-state index contributed by atoms with van der Waals surface area (Å²) in [6, 6.07) is 2.37. The zero-order chi connectivity index (χ0) is 14.4. The van der Waals surface area contributed by atoms with Gasteiger partial charge in [-0.15, -0.1) is 0 Å². The number of unbranched alkanes of at least 4 members (excludes halogenated alkanes) is 1. The smallest absolute Gasteiger partial charge is 0.370 e. The molecule has 20 heavy (non-hydrogen) atoms. The van der Waals surface area contributed by atoms with E-state index in [1.54, 1.807) is 12.5 Å². The predicted octanol–water partition coefficient (Wildman–Crippen LogP) is 3.19. The van der Waals surface area contributed by atoms with Gasteiger partial charge in [0.1, 0.15) is 5.82 Å². The monoisotopic (exact) mass is 284 g/mol. The third-order valence-corrected chi connectivity index (χ3v) is 2.80. The summed E-state index contributed by atoms with van der Waals surface area (Å²) in [6.07, 6.45) is 3.75. The molecule has 4 nitrogen and oxygen atoms in total. The van der Waals surface area contributed by atoms with E-state index in [2.05, 4.69) is 15.3 Å². The van der Waals surface area contributed by atoms with Crippen LogP contribution < -0.4 is 5.32 Å². The SMILES string of the molecule is FC(F)(F)c1ccc(NCCCCn2ccnc2)nc1. The number of pyridine rings is 1. The van der Waals surface area contributed by atoms with E-state index in [1.165, 1.54) is 6.07 Å². The summed E-state index contributed by atoms with van der Waals surface area (Å²) in [5.41, 5.74) is -0.733. The van der Waals surface area contributed by atoms with Crippen LogP contribution in [0.1, 0.15) is 18.4 Å². The molecule has 7 heteroatoms. The van der Waals surface area contributed by atoms with Gasteiger partial charge in [0.15, 0.2) is 0 Å². The first-order chi connectivity index (χ1) is 9.55. The molecule has 0 fully saturated rings. The Balaban J connectivity index is 1.69. The van der Waals surface area contributed by atoms with E-state index in [0.717, 1.165) is 31.6 Å². The Morgan fingerprint density at radius 3 is 2.65 bits per heavy atom. The van der Waals surface area contributed by atoms with Crippen molar-refractivity contribution in [3.8, 4) is 0 Å². The highest BCUT2D eigenvalue weighted by Crippen LogP contribution is 2.28. The number of rotatable bonds is 6. The van der Waals surface area contributed by atoms with Gasteiger partial charge in [0.25, 0.3) is 0 Å². The van der Waals surface area contributed by atoms with E-state index in [-0.39, 0.29) is 0 Å². The van der Waals surface area contributed by atoms with Gasteiger partial charge in [-0.2, -0.15) is 13.2 Å². The van der Waals surface area contributed by atoms with Crippen LogP contribution in [0.4, 0.5) is 19.0 Å². The fraction of sp³-hybridized carbons (Fsp3) is 0.385. The third-order valence-electron chi connectivity index (χ3n) is 2.80. The number of hydrogen-bond acceptors (Lipinski definition) is 3. The lowest BCUT2D eigenvalue weighted by Crippen LogP contribution is -2.08. The standard InChI is InChI=1S/C13H15F3N4/c14-13(15,16)11-3-4-12(19-9-11)18-5-1-2-7-20-8-6-17-10-20/h3-4,6,8-10H,1-2,5,7H2,(H,18,19). The lowest BCUT2D eigenvalue weighted by Gasteiger charge is -2.08. The average molecular weight is 284 g/mol. The maximum absolute atomic E-state index is 12.3. The van der Waals surface area contributed by atoms with Gasteiger partial charge in [-0.1, -0.05) is 0 Å². The minimum absolute atomic E-state index is 0.459. The van der Waals surface area contributed by atoms with Gasteiger partial charge in [0.2, 0.25) is 0 Å². The number of halogens is 3. The molecule has 1 N–H and O–H groups in total. The Morgan fingerprint density at radius 2 is 2.05 bits per heavy atom. The van der Waals surface area contributed by atoms with E-state index in [1.807, 2.05) is 10.8 Å². The van der Waals surface area contributed by atoms with E-state index in [0.29, 0.717) is 12.4 Å². The van der Waals surface area contributed by atoms with E-state index in [4.69, 9.17) is 0 Å². The molecule has 0 saturated heterocycles.